The van der Waals surface area contributed by atoms with Crippen molar-refractivity contribution in [3.63, 3.8) is 0 Å². The molecule has 0 saturated heterocycles. The molecule has 0 unspecified atom stereocenters. The number of carbonyl (C=O) groups is 1. The summed E-state index contributed by atoms with van der Waals surface area (Å²) in [6.07, 6.45) is 0. The van der Waals surface area contributed by atoms with Crippen molar-refractivity contribution >= 4 is 19.0 Å². The highest BCUT2D eigenvalue weighted by molar-refractivity contribution is 6.36. The highest BCUT2D eigenvalue weighted by Crippen LogP contribution is 2.26. The first-order valence-corrected chi connectivity index (χ1v) is 7.45. The third-order valence-corrected chi connectivity index (χ3v) is 3.59. The van der Waals surface area contributed by atoms with E-state index in [0.717, 1.165) is 0 Å². The average molecular weight is 346 g/mol. The van der Waals surface area contributed by atoms with E-state index in [1.54, 1.807) is 48.5 Å². The summed E-state index contributed by atoms with van der Waals surface area (Å²) in [5.74, 6) is 0.587. The van der Waals surface area contributed by atoms with Crippen molar-refractivity contribution in [1.29, 1.82) is 0 Å². The number of Topliss-reactive ketones (excluding diaryl/α,β-unsaturated/α-hetero) is 1. The van der Waals surface area contributed by atoms with Crippen LogP contribution in [0.25, 0.3) is 5.76 Å². The molecule has 0 aliphatic rings. The van der Waals surface area contributed by atoms with Gasteiger partial charge in [-0.05, 0) is 55.5 Å². The van der Waals surface area contributed by atoms with Gasteiger partial charge in [-0.2, -0.15) is 0 Å². The summed E-state index contributed by atoms with van der Waals surface area (Å²) in [6.45, 7) is 1.45. The zero-order valence-corrected chi connectivity index (χ0v) is 14.1. The van der Waals surface area contributed by atoms with Crippen LogP contribution in [0.2, 0.25) is 0 Å². The van der Waals surface area contributed by atoms with Crippen molar-refractivity contribution in [2.24, 2.45) is 0 Å². The molecular formula is C18H17BF2O4. The van der Waals surface area contributed by atoms with Gasteiger partial charge in [-0.15, -0.1) is 0 Å². The van der Waals surface area contributed by atoms with E-state index >= 15 is 0 Å². The van der Waals surface area contributed by atoms with Gasteiger partial charge in [0.1, 0.15) is 17.3 Å². The molecule has 0 amide bonds. The Kier molecular flexibility index (Phi) is 6.17. The Morgan fingerprint density at radius 1 is 0.840 bits per heavy atom. The van der Waals surface area contributed by atoms with Crippen LogP contribution in [-0.2, 0) is 4.65 Å². The number of halogens is 2. The molecule has 0 aliphatic heterocycles. The Balaban J connectivity index is 2.42. The molecule has 4 nitrogen and oxygen atoms in total. The van der Waals surface area contributed by atoms with E-state index < -0.39 is 13.3 Å². The highest BCUT2D eigenvalue weighted by atomic mass is 19.2. The Morgan fingerprint density at radius 3 is 1.68 bits per heavy atom. The van der Waals surface area contributed by atoms with E-state index in [2.05, 4.69) is 4.65 Å². The molecule has 2 aromatic carbocycles. The number of benzene rings is 2. The smallest absolute Gasteiger partial charge is 0.504 e. The van der Waals surface area contributed by atoms with Gasteiger partial charge in [0.2, 0.25) is 0 Å². The first kappa shape index (κ1) is 18.5. The molecule has 0 radical (unpaired) electrons. The number of allylic oxidation sites excluding steroid dienone is 1. The molecule has 0 saturated carbocycles. The van der Waals surface area contributed by atoms with Crippen molar-refractivity contribution in [1.82, 2.24) is 0 Å². The van der Waals surface area contributed by atoms with Crippen molar-refractivity contribution < 1.29 is 27.6 Å². The molecule has 2 rings (SSSR count). The lowest BCUT2D eigenvalue weighted by molar-refractivity contribution is 0.103. The van der Waals surface area contributed by atoms with Crippen LogP contribution in [0.4, 0.5) is 8.63 Å². The lowest BCUT2D eigenvalue weighted by Crippen LogP contribution is -2.10. The van der Waals surface area contributed by atoms with Crippen molar-refractivity contribution in [2.75, 3.05) is 14.2 Å². The van der Waals surface area contributed by atoms with Gasteiger partial charge in [-0.3, -0.25) is 4.79 Å². The van der Waals surface area contributed by atoms with E-state index in [-0.39, 0.29) is 11.3 Å². The maximum absolute atomic E-state index is 12.8. The second kappa shape index (κ2) is 8.33. The third kappa shape index (κ3) is 4.59. The van der Waals surface area contributed by atoms with E-state index in [1.165, 1.54) is 21.1 Å². The number of ether oxygens (including phenoxy) is 2. The van der Waals surface area contributed by atoms with Crippen LogP contribution in [0.1, 0.15) is 22.8 Å². The lowest BCUT2D eigenvalue weighted by Gasteiger charge is -2.13. The fourth-order valence-electron chi connectivity index (χ4n) is 2.27. The SMILES string of the molecule is COc1ccc(C(=O)/C(C)=C(\OB(F)F)c2ccc(OC)cc2)cc1. The Hall–Kier alpha value is -2.83. The molecule has 2 aromatic rings. The molecule has 7 heteroatoms. The van der Waals surface area contributed by atoms with Gasteiger partial charge < -0.3 is 14.1 Å². The number of methoxy groups -OCH3 is 2. The van der Waals surface area contributed by atoms with Gasteiger partial charge in [0.25, 0.3) is 0 Å². The summed E-state index contributed by atoms with van der Waals surface area (Å²) in [6, 6.07) is 12.7. The fourth-order valence-corrected chi connectivity index (χ4v) is 2.27. The van der Waals surface area contributed by atoms with Gasteiger partial charge in [0.05, 0.1) is 14.2 Å². The molecule has 0 spiro atoms. The second-order valence-electron chi connectivity index (χ2n) is 5.12. The zero-order valence-electron chi connectivity index (χ0n) is 14.1. The fraction of sp³-hybridized carbons (Fsp3) is 0.167. The van der Waals surface area contributed by atoms with Crippen LogP contribution < -0.4 is 9.47 Å². The third-order valence-electron chi connectivity index (χ3n) is 3.59. The summed E-state index contributed by atoms with van der Waals surface area (Å²) in [4.78, 5) is 12.6. The predicted molar refractivity (Wildman–Crippen MR) is 92.0 cm³/mol. The monoisotopic (exact) mass is 346 g/mol. The molecule has 0 N–H and O–H groups in total. The standard InChI is InChI=1S/C18H17BF2O4/c1-12(17(22)13-4-8-15(23-2)9-5-13)18(25-19(20)21)14-6-10-16(24-3)11-7-14/h4-11H,1-3H3/b18-12-. The zero-order chi connectivity index (χ0) is 18.4. The topological polar surface area (TPSA) is 44.8 Å². The van der Waals surface area contributed by atoms with Crippen molar-refractivity contribution in [3.8, 4) is 11.5 Å². The van der Waals surface area contributed by atoms with Crippen LogP contribution in [0.3, 0.4) is 0 Å². The summed E-state index contributed by atoms with van der Waals surface area (Å²) in [5, 5.41) is 0. The van der Waals surface area contributed by atoms with Crippen molar-refractivity contribution in [2.45, 2.75) is 6.92 Å². The van der Waals surface area contributed by atoms with E-state index in [0.29, 0.717) is 22.6 Å². The van der Waals surface area contributed by atoms with Crippen LogP contribution >= 0.6 is 0 Å². The Morgan fingerprint density at radius 2 is 1.28 bits per heavy atom. The second-order valence-corrected chi connectivity index (χ2v) is 5.12. The van der Waals surface area contributed by atoms with Gasteiger partial charge in [0, 0.05) is 16.7 Å². The molecule has 0 atom stereocenters. The summed E-state index contributed by atoms with van der Waals surface area (Å²) >= 11 is 0. The minimum atomic E-state index is -3.05. The van der Waals surface area contributed by atoms with E-state index in [9.17, 15) is 13.4 Å². The van der Waals surface area contributed by atoms with E-state index in [1.807, 2.05) is 0 Å². The van der Waals surface area contributed by atoms with Crippen molar-refractivity contribution in [3.05, 3.63) is 65.2 Å². The first-order valence-electron chi connectivity index (χ1n) is 7.45. The normalized spacial score (nSPS) is 11.4. The van der Waals surface area contributed by atoms with Gasteiger partial charge in [0.15, 0.2) is 5.78 Å². The molecule has 0 heterocycles. The largest absolute Gasteiger partial charge is 0.796 e. The van der Waals surface area contributed by atoms with Crippen LogP contribution in [0, 0.1) is 0 Å². The molecule has 130 valence electrons. The molecular weight excluding hydrogens is 329 g/mol. The first-order chi connectivity index (χ1) is 12.0. The summed E-state index contributed by atoms with van der Waals surface area (Å²) in [7, 11) is -0.0316. The maximum Gasteiger partial charge on any atom is 0.796 e. The molecule has 0 bridgehead atoms. The van der Waals surface area contributed by atoms with Crippen LogP contribution in [0.5, 0.6) is 11.5 Å². The number of hydrogen-bond acceptors (Lipinski definition) is 4. The molecule has 0 aliphatic carbocycles. The highest BCUT2D eigenvalue weighted by Gasteiger charge is 2.24. The van der Waals surface area contributed by atoms with Gasteiger partial charge in [-0.1, -0.05) is 0 Å². The quantitative estimate of drug-likeness (QED) is 0.325. The lowest BCUT2D eigenvalue weighted by atomic mass is 10.00. The number of hydrogen-bond donors (Lipinski definition) is 0. The van der Waals surface area contributed by atoms with Crippen LogP contribution in [-0.4, -0.2) is 27.5 Å². The van der Waals surface area contributed by atoms with Gasteiger partial charge >= 0.3 is 7.47 Å². The van der Waals surface area contributed by atoms with Crippen LogP contribution in [0.15, 0.2) is 54.1 Å². The predicted octanol–water partition coefficient (Wildman–Crippen LogP) is 4.26. The molecule has 25 heavy (non-hydrogen) atoms. The molecule has 0 aromatic heterocycles. The number of rotatable bonds is 7. The summed E-state index contributed by atoms with van der Waals surface area (Å²) < 4.78 is 40.4. The number of ketones is 1. The van der Waals surface area contributed by atoms with E-state index in [4.69, 9.17) is 9.47 Å². The Bertz CT molecular complexity index is 756. The molecule has 0 fully saturated rings. The Labute approximate surface area is 145 Å². The summed E-state index contributed by atoms with van der Waals surface area (Å²) in [5.41, 5.74) is 0.790. The minimum absolute atomic E-state index is 0.0793. The van der Waals surface area contributed by atoms with Gasteiger partial charge in [-0.25, -0.2) is 8.63 Å². The average Bonchev–Trinajstić information content (AvgIpc) is 2.65. The number of carbonyl (C=O) groups excluding carboxylic acids is 1. The maximum atomic E-state index is 12.8. The minimum Gasteiger partial charge on any atom is -0.504 e.